The SMILES string of the molecule is CCCCCCCCCCCC(=O)O/N=C1\CC[C@H]2[C@@H]3CCc4cc(O)ccc4[C@H]3CC[C@]12C. The molecular weight excluding hydrogens is 422 g/mol. The summed E-state index contributed by atoms with van der Waals surface area (Å²) >= 11 is 0. The van der Waals surface area contributed by atoms with E-state index in [1.54, 1.807) is 0 Å². The molecule has 3 aliphatic carbocycles. The van der Waals surface area contributed by atoms with Crippen LogP contribution in [0.15, 0.2) is 23.4 Å². The van der Waals surface area contributed by atoms with Crippen LogP contribution in [0.25, 0.3) is 0 Å². The number of rotatable bonds is 11. The number of carbonyl (C=O) groups is 1. The van der Waals surface area contributed by atoms with Gasteiger partial charge in [-0.1, -0.05) is 76.4 Å². The zero-order chi connectivity index (χ0) is 24.0. The Balaban J connectivity index is 1.23. The summed E-state index contributed by atoms with van der Waals surface area (Å²) in [4.78, 5) is 17.8. The zero-order valence-electron chi connectivity index (χ0n) is 21.5. The number of nitrogens with zero attached hydrogens (tertiary/aromatic N) is 1. The number of hydrogen-bond acceptors (Lipinski definition) is 4. The molecule has 0 bridgehead atoms. The molecule has 0 unspecified atom stereocenters. The molecule has 0 spiro atoms. The Hall–Kier alpha value is -1.84. The summed E-state index contributed by atoms with van der Waals surface area (Å²) in [5.41, 5.74) is 3.97. The molecule has 4 nitrogen and oxygen atoms in total. The van der Waals surface area contributed by atoms with E-state index in [1.807, 2.05) is 12.1 Å². The van der Waals surface area contributed by atoms with Crippen molar-refractivity contribution in [2.75, 3.05) is 0 Å². The van der Waals surface area contributed by atoms with Crippen molar-refractivity contribution < 1.29 is 14.7 Å². The summed E-state index contributed by atoms with van der Waals surface area (Å²) < 4.78 is 0. The van der Waals surface area contributed by atoms with Crippen molar-refractivity contribution in [1.82, 2.24) is 0 Å². The molecule has 188 valence electrons. The molecule has 0 saturated heterocycles. The van der Waals surface area contributed by atoms with Crippen molar-refractivity contribution in [3.63, 3.8) is 0 Å². The van der Waals surface area contributed by atoms with Crippen molar-refractivity contribution in [3.8, 4) is 5.75 Å². The summed E-state index contributed by atoms with van der Waals surface area (Å²) in [5, 5.41) is 14.3. The fourth-order valence-corrected chi connectivity index (χ4v) is 7.24. The predicted molar refractivity (Wildman–Crippen MR) is 138 cm³/mol. The number of aromatic hydroxyl groups is 1. The van der Waals surface area contributed by atoms with E-state index in [0.29, 0.717) is 29.9 Å². The Morgan fingerprint density at radius 2 is 1.76 bits per heavy atom. The van der Waals surface area contributed by atoms with Crippen LogP contribution >= 0.6 is 0 Å². The first-order chi connectivity index (χ1) is 16.5. The van der Waals surface area contributed by atoms with Crippen LogP contribution in [0.4, 0.5) is 0 Å². The van der Waals surface area contributed by atoms with Crippen molar-refractivity contribution in [2.45, 2.75) is 122 Å². The fourth-order valence-electron chi connectivity index (χ4n) is 7.24. The molecule has 2 saturated carbocycles. The first kappa shape index (κ1) is 25.3. The molecule has 0 amide bonds. The zero-order valence-corrected chi connectivity index (χ0v) is 21.5. The smallest absolute Gasteiger partial charge is 0.335 e. The minimum absolute atomic E-state index is 0.0631. The Kier molecular flexibility index (Phi) is 8.71. The average Bonchev–Trinajstić information content (AvgIpc) is 3.17. The lowest BCUT2D eigenvalue weighted by Gasteiger charge is -2.49. The van der Waals surface area contributed by atoms with Gasteiger partial charge in [-0.3, -0.25) is 0 Å². The molecule has 2 fully saturated rings. The number of aryl methyl sites for hydroxylation is 1. The van der Waals surface area contributed by atoms with Gasteiger partial charge in [0.2, 0.25) is 0 Å². The van der Waals surface area contributed by atoms with Gasteiger partial charge >= 0.3 is 5.97 Å². The van der Waals surface area contributed by atoms with Gasteiger partial charge in [-0.2, -0.15) is 0 Å². The number of phenols is 1. The van der Waals surface area contributed by atoms with Crippen LogP contribution < -0.4 is 0 Å². The number of hydrogen-bond donors (Lipinski definition) is 1. The normalized spacial score (nSPS) is 28.9. The highest BCUT2D eigenvalue weighted by atomic mass is 16.7. The number of carbonyl (C=O) groups excluding carboxylic acids is 1. The van der Waals surface area contributed by atoms with Gasteiger partial charge in [0.1, 0.15) is 5.75 Å². The topological polar surface area (TPSA) is 58.9 Å². The predicted octanol–water partition coefficient (Wildman–Crippen LogP) is 8.07. The summed E-state index contributed by atoms with van der Waals surface area (Å²) in [7, 11) is 0. The van der Waals surface area contributed by atoms with Crippen LogP contribution in [0.3, 0.4) is 0 Å². The highest BCUT2D eigenvalue weighted by Gasteiger charge is 2.53. The van der Waals surface area contributed by atoms with E-state index in [1.165, 1.54) is 62.5 Å². The monoisotopic (exact) mass is 467 g/mol. The third kappa shape index (κ3) is 5.69. The summed E-state index contributed by atoms with van der Waals surface area (Å²) in [6.07, 6.45) is 18.3. The molecule has 4 heteroatoms. The second-order valence-corrected chi connectivity index (χ2v) is 11.4. The molecule has 3 aliphatic rings. The first-order valence-electron chi connectivity index (χ1n) is 14.1. The summed E-state index contributed by atoms with van der Waals surface area (Å²) in [6, 6.07) is 5.97. The van der Waals surface area contributed by atoms with Gasteiger partial charge in [0.25, 0.3) is 0 Å². The maximum Gasteiger partial charge on any atom is 0.335 e. The van der Waals surface area contributed by atoms with Crippen molar-refractivity contribution in [2.24, 2.45) is 22.4 Å². The lowest BCUT2D eigenvalue weighted by atomic mass is 9.55. The molecule has 0 heterocycles. The molecule has 1 aromatic carbocycles. The van der Waals surface area contributed by atoms with Crippen LogP contribution in [0, 0.1) is 17.3 Å². The highest BCUT2D eigenvalue weighted by molar-refractivity contribution is 5.92. The maximum absolute atomic E-state index is 12.3. The fraction of sp³-hybridized carbons (Fsp3) is 0.733. The van der Waals surface area contributed by atoms with E-state index in [0.717, 1.165) is 50.7 Å². The lowest BCUT2D eigenvalue weighted by Crippen LogP contribution is -2.42. The lowest BCUT2D eigenvalue weighted by molar-refractivity contribution is -0.143. The number of benzene rings is 1. The van der Waals surface area contributed by atoms with Gasteiger partial charge in [-0.05, 0) is 86.0 Å². The highest BCUT2D eigenvalue weighted by Crippen LogP contribution is 2.60. The Labute approximate surface area is 206 Å². The Morgan fingerprint density at radius 3 is 2.53 bits per heavy atom. The van der Waals surface area contributed by atoms with E-state index in [-0.39, 0.29) is 11.4 Å². The molecule has 0 radical (unpaired) electrons. The van der Waals surface area contributed by atoms with Crippen LogP contribution in [-0.2, 0) is 16.1 Å². The van der Waals surface area contributed by atoms with Crippen LogP contribution in [0.1, 0.15) is 127 Å². The summed E-state index contributed by atoms with van der Waals surface area (Å²) in [6.45, 7) is 4.61. The van der Waals surface area contributed by atoms with Gasteiger partial charge in [-0.25, -0.2) is 4.79 Å². The van der Waals surface area contributed by atoms with Crippen molar-refractivity contribution in [1.29, 1.82) is 0 Å². The van der Waals surface area contributed by atoms with Crippen LogP contribution in [0.5, 0.6) is 5.75 Å². The quantitative estimate of drug-likeness (QED) is 0.203. The van der Waals surface area contributed by atoms with Crippen molar-refractivity contribution >= 4 is 11.7 Å². The maximum atomic E-state index is 12.3. The van der Waals surface area contributed by atoms with E-state index in [4.69, 9.17) is 4.84 Å². The Morgan fingerprint density at radius 1 is 1.03 bits per heavy atom. The number of unbranched alkanes of at least 4 members (excludes halogenated alkanes) is 8. The number of phenolic OH excluding ortho intramolecular Hbond substituents is 1. The molecule has 4 atom stereocenters. The Bertz CT molecular complexity index is 863. The van der Waals surface area contributed by atoms with E-state index in [9.17, 15) is 9.90 Å². The molecule has 0 aromatic heterocycles. The van der Waals surface area contributed by atoms with Crippen molar-refractivity contribution in [3.05, 3.63) is 29.3 Å². The first-order valence-corrected chi connectivity index (χ1v) is 14.1. The van der Waals surface area contributed by atoms with Gasteiger partial charge in [0.15, 0.2) is 0 Å². The van der Waals surface area contributed by atoms with E-state index >= 15 is 0 Å². The van der Waals surface area contributed by atoms with Gasteiger partial charge in [-0.15, -0.1) is 0 Å². The van der Waals surface area contributed by atoms with Gasteiger partial charge in [0, 0.05) is 11.8 Å². The number of oxime groups is 1. The largest absolute Gasteiger partial charge is 0.508 e. The van der Waals surface area contributed by atoms with E-state index in [2.05, 4.69) is 25.1 Å². The molecular formula is C30H45NO3. The minimum Gasteiger partial charge on any atom is -0.508 e. The second-order valence-electron chi connectivity index (χ2n) is 11.4. The molecule has 4 rings (SSSR count). The standard InChI is InChI=1S/C30H45NO3/c1-3-4-5-6-7-8-9-10-11-12-29(33)34-31-28-18-17-27-26-15-13-22-21-23(32)14-16-24(22)25(26)19-20-30(27,28)2/h14,16,21,25-27,32H,3-13,15,17-20H2,1-2H3/b31-28+/t25-,26-,27+,30+/m1/s1. The molecule has 34 heavy (non-hydrogen) atoms. The minimum atomic E-state index is -0.164. The summed E-state index contributed by atoms with van der Waals surface area (Å²) in [5.74, 6) is 2.10. The third-order valence-corrected chi connectivity index (χ3v) is 9.19. The van der Waals surface area contributed by atoms with E-state index < -0.39 is 0 Å². The van der Waals surface area contributed by atoms with Crippen LogP contribution in [-0.4, -0.2) is 16.8 Å². The molecule has 1 N–H and O–H groups in total. The molecule has 1 aromatic rings. The number of fused-ring (bicyclic) bond motifs is 5. The third-order valence-electron chi connectivity index (χ3n) is 9.19. The second kappa shape index (κ2) is 11.7. The average molecular weight is 468 g/mol. The van der Waals surface area contributed by atoms with Gasteiger partial charge in [0.05, 0.1) is 5.71 Å². The van der Waals surface area contributed by atoms with Crippen LogP contribution in [0.2, 0.25) is 0 Å². The molecule has 0 aliphatic heterocycles. The van der Waals surface area contributed by atoms with Gasteiger partial charge < -0.3 is 9.94 Å².